The Bertz CT molecular complexity index is 773. The molecule has 0 aliphatic carbocycles. The maximum Gasteiger partial charge on any atom is 0.410 e. The number of likely N-dealkylation sites (tertiary alicyclic amines) is 2. The number of nitrogens with one attached hydrogen (secondary N) is 1. The van der Waals surface area contributed by atoms with Crippen molar-refractivity contribution in [3.05, 3.63) is 35.4 Å². The Morgan fingerprint density at radius 3 is 2.43 bits per heavy atom. The van der Waals surface area contributed by atoms with Crippen molar-refractivity contribution in [3.63, 3.8) is 0 Å². The van der Waals surface area contributed by atoms with Crippen LogP contribution in [0, 0.1) is 11.6 Å². The van der Waals surface area contributed by atoms with Crippen molar-refractivity contribution in [1.82, 2.24) is 15.1 Å². The third kappa shape index (κ3) is 5.90. The molecule has 166 valence electrons. The zero-order chi connectivity index (χ0) is 21.9. The van der Waals surface area contributed by atoms with E-state index in [1.54, 1.807) is 6.07 Å². The number of amides is 2. The first kappa shape index (κ1) is 22.5. The van der Waals surface area contributed by atoms with Gasteiger partial charge in [0.25, 0.3) is 0 Å². The molecule has 0 radical (unpaired) electrons. The topological polar surface area (TPSA) is 61.9 Å². The van der Waals surface area contributed by atoms with Crippen molar-refractivity contribution < 1.29 is 23.1 Å². The number of carbonyl (C=O) groups is 2. The maximum atomic E-state index is 13.4. The monoisotopic (exact) mass is 423 g/mol. The molecule has 2 amide bonds. The molecule has 2 fully saturated rings. The van der Waals surface area contributed by atoms with Crippen LogP contribution in [0.4, 0.5) is 13.6 Å². The Hall–Kier alpha value is -2.22. The predicted molar refractivity (Wildman–Crippen MR) is 109 cm³/mol. The molecule has 0 aromatic heterocycles. The highest BCUT2D eigenvalue weighted by molar-refractivity contribution is 5.86. The van der Waals surface area contributed by atoms with Gasteiger partial charge < -0.3 is 10.1 Å². The molecule has 2 saturated heterocycles. The van der Waals surface area contributed by atoms with Gasteiger partial charge in [-0.15, -0.1) is 0 Å². The van der Waals surface area contributed by atoms with E-state index in [4.69, 9.17) is 4.74 Å². The Morgan fingerprint density at radius 2 is 1.80 bits per heavy atom. The number of hydrogen-bond acceptors (Lipinski definition) is 4. The van der Waals surface area contributed by atoms with E-state index >= 15 is 0 Å². The zero-order valence-electron chi connectivity index (χ0n) is 17.9. The van der Waals surface area contributed by atoms with Crippen LogP contribution in [0.5, 0.6) is 0 Å². The molecule has 2 heterocycles. The van der Waals surface area contributed by atoms with Gasteiger partial charge in [0.2, 0.25) is 5.91 Å². The molecule has 2 aliphatic rings. The molecule has 0 saturated carbocycles. The summed E-state index contributed by atoms with van der Waals surface area (Å²) < 4.78 is 31.9. The van der Waals surface area contributed by atoms with Gasteiger partial charge in [-0.05, 0) is 64.2 Å². The van der Waals surface area contributed by atoms with Crippen LogP contribution in [-0.2, 0) is 16.1 Å². The molecule has 3 rings (SSSR count). The number of ether oxygens (including phenoxy) is 1. The van der Waals surface area contributed by atoms with Gasteiger partial charge in [-0.2, -0.15) is 0 Å². The van der Waals surface area contributed by atoms with E-state index in [0.29, 0.717) is 19.5 Å². The van der Waals surface area contributed by atoms with E-state index in [-0.39, 0.29) is 11.9 Å². The third-order valence-electron chi connectivity index (χ3n) is 5.51. The van der Waals surface area contributed by atoms with Crippen molar-refractivity contribution in [2.75, 3.05) is 19.6 Å². The smallest absolute Gasteiger partial charge is 0.410 e. The highest BCUT2D eigenvalue weighted by Gasteiger charge is 2.37. The molecule has 1 aromatic carbocycles. The summed E-state index contributed by atoms with van der Waals surface area (Å²) in [6.07, 6.45) is 2.52. The van der Waals surface area contributed by atoms with E-state index in [1.165, 1.54) is 11.0 Å². The van der Waals surface area contributed by atoms with E-state index in [1.807, 2.05) is 20.8 Å². The van der Waals surface area contributed by atoms with Gasteiger partial charge >= 0.3 is 6.09 Å². The highest BCUT2D eigenvalue weighted by Crippen LogP contribution is 2.22. The van der Waals surface area contributed by atoms with Crippen LogP contribution in [0.25, 0.3) is 0 Å². The second-order valence-electron chi connectivity index (χ2n) is 9.14. The van der Waals surface area contributed by atoms with Crippen molar-refractivity contribution in [2.24, 2.45) is 0 Å². The first-order valence-electron chi connectivity index (χ1n) is 10.6. The van der Waals surface area contributed by atoms with Gasteiger partial charge in [0, 0.05) is 32.2 Å². The van der Waals surface area contributed by atoms with Gasteiger partial charge in [-0.3, -0.25) is 14.6 Å². The number of nitrogens with zero attached hydrogens (tertiary/aromatic N) is 2. The lowest BCUT2D eigenvalue weighted by Crippen LogP contribution is -2.52. The van der Waals surface area contributed by atoms with E-state index < -0.39 is 29.4 Å². The van der Waals surface area contributed by atoms with E-state index in [2.05, 4.69) is 10.2 Å². The van der Waals surface area contributed by atoms with Crippen molar-refractivity contribution in [1.29, 1.82) is 0 Å². The summed E-state index contributed by atoms with van der Waals surface area (Å²) in [7, 11) is 0. The molecule has 1 unspecified atom stereocenters. The maximum absolute atomic E-state index is 13.4. The Kier molecular flexibility index (Phi) is 6.95. The average molecular weight is 424 g/mol. The highest BCUT2D eigenvalue weighted by atomic mass is 19.2. The number of halogens is 2. The SMILES string of the molecule is CC(C)(C)OC(=O)N1CCCC1C(=O)NC1CCN(Cc2ccc(F)c(F)c2)CC1. The quantitative estimate of drug-likeness (QED) is 0.806. The fourth-order valence-electron chi connectivity index (χ4n) is 4.01. The second kappa shape index (κ2) is 9.29. The summed E-state index contributed by atoms with van der Waals surface area (Å²) >= 11 is 0. The first-order valence-corrected chi connectivity index (χ1v) is 10.6. The minimum absolute atomic E-state index is 0.0415. The fraction of sp³-hybridized carbons (Fsp3) is 0.636. The van der Waals surface area contributed by atoms with Gasteiger partial charge in [0.1, 0.15) is 11.6 Å². The molecule has 1 atom stereocenters. The third-order valence-corrected chi connectivity index (χ3v) is 5.51. The van der Waals surface area contributed by atoms with Crippen LogP contribution in [-0.4, -0.2) is 59.1 Å². The van der Waals surface area contributed by atoms with Crippen molar-refractivity contribution in [2.45, 2.75) is 70.7 Å². The first-order chi connectivity index (χ1) is 14.1. The molecule has 0 bridgehead atoms. The predicted octanol–water partition coefficient (Wildman–Crippen LogP) is 3.44. The summed E-state index contributed by atoms with van der Waals surface area (Å²) in [5.74, 6) is -1.80. The summed E-state index contributed by atoms with van der Waals surface area (Å²) in [5.41, 5.74) is 0.136. The molecular formula is C22H31F2N3O3. The lowest BCUT2D eigenvalue weighted by Gasteiger charge is -2.34. The molecule has 6 nitrogen and oxygen atoms in total. The lowest BCUT2D eigenvalue weighted by molar-refractivity contribution is -0.126. The van der Waals surface area contributed by atoms with Crippen LogP contribution in [0.15, 0.2) is 18.2 Å². The molecule has 8 heteroatoms. The molecule has 1 N–H and O–H groups in total. The van der Waals surface area contributed by atoms with Gasteiger partial charge in [0.15, 0.2) is 11.6 Å². The van der Waals surface area contributed by atoms with Gasteiger partial charge in [-0.25, -0.2) is 13.6 Å². The molecule has 30 heavy (non-hydrogen) atoms. The minimum Gasteiger partial charge on any atom is -0.444 e. The van der Waals surface area contributed by atoms with Crippen LogP contribution < -0.4 is 5.32 Å². The van der Waals surface area contributed by atoms with Crippen LogP contribution in [0.3, 0.4) is 0 Å². The zero-order valence-corrected chi connectivity index (χ0v) is 17.9. The number of hydrogen-bond donors (Lipinski definition) is 1. The van der Waals surface area contributed by atoms with Crippen LogP contribution >= 0.6 is 0 Å². The number of carbonyl (C=O) groups excluding carboxylic acids is 2. The Balaban J connectivity index is 1.47. The summed E-state index contributed by atoms with van der Waals surface area (Å²) in [6, 6.07) is 3.53. The number of rotatable bonds is 4. The van der Waals surface area contributed by atoms with Crippen LogP contribution in [0.2, 0.25) is 0 Å². The van der Waals surface area contributed by atoms with Gasteiger partial charge in [0.05, 0.1) is 0 Å². The summed E-state index contributed by atoms with van der Waals surface area (Å²) in [6.45, 7) is 8.01. The van der Waals surface area contributed by atoms with E-state index in [0.717, 1.165) is 44.0 Å². The fourth-order valence-corrected chi connectivity index (χ4v) is 4.01. The molecule has 0 spiro atoms. The van der Waals surface area contributed by atoms with E-state index in [9.17, 15) is 18.4 Å². The largest absolute Gasteiger partial charge is 0.444 e. The Morgan fingerprint density at radius 1 is 1.10 bits per heavy atom. The number of benzene rings is 1. The second-order valence-corrected chi connectivity index (χ2v) is 9.14. The molecule has 2 aliphatic heterocycles. The minimum atomic E-state index is -0.840. The molecule has 1 aromatic rings. The van der Waals surface area contributed by atoms with Crippen LogP contribution in [0.1, 0.15) is 52.0 Å². The standard InChI is InChI=1S/C22H31F2N3O3/c1-22(2,3)30-21(29)27-10-4-5-19(27)20(28)25-16-8-11-26(12-9-16)14-15-6-7-17(23)18(24)13-15/h6-7,13,16,19H,4-5,8-12,14H2,1-3H3,(H,25,28). The normalized spacial score (nSPS) is 21.0. The van der Waals surface area contributed by atoms with Crippen molar-refractivity contribution in [3.8, 4) is 0 Å². The lowest BCUT2D eigenvalue weighted by atomic mass is 10.0. The molecular weight excluding hydrogens is 392 g/mol. The summed E-state index contributed by atoms with van der Waals surface area (Å²) in [4.78, 5) is 28.9. The van der Waals surface area contributed by atoms with Crippen molar-refractivity contribution >= 4 is 12.0 Å². The number of piperidine rings is 1. The van der Waals surface area contributed by atoms with Gasteiger partial charge in [-0.1, -0.05) is 6.07 Å². The Labute approximate surface area is 176 Å². The summed E-state index contributed by atoms with van der Waals surface area (Å²) in [5, 5.41) is 3.08. The average Bonchev–Trinajstić information content (AvgIpc) is 3.15.